The third kappa shape index (κ3) is 5.53. The van der Waals surface area contributed by atoms with Crippen molar-refractivity contribution in [3.8, 4) is 0 Å². The molecule has 0 heterocycles. The Labute approximate surface area is 138 Å². The average molecular weight is 354 g/mol. The molecule has 1 saturated carbocycles. The summed E-state index contributed by atoms with van der Waals surface area (Å²) >= 11 is 0. The Bertz CT molecular complexity index is 473. The summed E-state index contributed by atoms with van der Waals surface area (Å²) in [5, 5.41) is 0. The van der Waals surface area contributed by atoms with E-state index >= 15 is 0 Å². The minimum absolute atomic E-state index is 0.0970. The van der Waals surface area contributed by atoms with Crippen molar-refractivity contribution < 1.29 is 16.8 Å². The molecule has 0 aromatic heterocycles. The number of unbranched alkanes of at least 4 members (excludes halogenated alkanes) is 1. The third-order valence-electron chi connectivity index (χ3n) is 4.59. The van der Waals surface area contributed by atoms with Crippen molar-refractivity contribution in [2.75, 3.05) is 17.8 Å². The first-order chi connectivity index (χ1) is 10.0. The molecule has 4 nitrogen and oxygen atoms in total. The number of Topliss-reactive ketones (excluding diaryl/α,β-unsaturated/α-hetero) is 1. The Hall–Kier alpha value is -0.0700. The first-order valence-corrected chi connectivity index (χ1v) is 12.0. The fraction of sp³-hybridized carbons (Fsp3) is 0.938. The van der Waals surface area contributed by atoms with E-state index in [1.54, 1.807) is 0 Å². The van der Waals surface area contributed by atoms with Crippen molar-refractivity contribution in [3.05, 3.63) is 0 Å². The molecule has 0 aliphatic heterocycles. The molecule has 1 unspecified atom stereocenters. The van der Waals surface area contributed by atoms with Gasteiger partial charge in [0.1, 0.15) is 5.75 Å². The van der Waals surface area contributed by atoms with E-state index < -0.39 is 20.4 Å². The molecule has 1 fully saturated rings. The van der Waals surface area contributed by atoms with Gasteiger partial charge in [0, 0.05) is 12.2 Å². The molecule has 0 saturated heterocycles. The first kappa shape index (κ1) is 20.0. The van der Waals surface area contributed by atoms with E-state index in [9.17, 15) is 13.2 Å². The van der Waals surface area contributed by atoms with Crippen molar-refractivity contribution >= 4 is 26.2 Å². The molecule has 0 aromatic carbocycles. The zero-order valence-electron chi connectivity index (χ0n) is 14.7. The quantitative estimate of drug-likeness (QED) is 0.487. The highest BCUT2D eigenvalue weighted by molar-refractivity contribution is 8.33. The maximum atomic E-state index is 12.6. The smallest absolute Gasteiger partial charge is 0.298 e. The van der Waals surface area contributed by atoms with Gasteiger partial charge in [0.2, 0.25) is 0 Å². The van der Waals surface area contributed by atoms with E-state index in [-0.39, 0.29) is 22.2 Å². The molecule has 0 aromatic rings. The lowest BCUT2D eigenvalue weighted by Crippen LogP contribution is -2.37. The van der Waals surface area contributed by atoms with Gasteiger partial charge in [-0.05, 0) is 50.3 Å². The molecule has 0 amide bonds. The van der Waals surface area contributed by atoms with E-state index in [0.29, 0.717) is 12.2 Å². The lowest BCUT2D eigenvalue weighted by Gasteiger charge is -2.41. The largest absolute Gasteiger partial charge is 0.390 e. The molecule has 1 N–H and O–H groups in total. The third-order valence-corrected chi connectivity index (χ3v) is 11.1. The number of hydrogen-bond acceptors (Lipinski definition) is 3. The molecular formula is C16H33O4S2+. The second kappa shape index (κ2) is 7.67. The van der Waals surface area contributed by atoms with Crippen LogP contribution in [-0.2, 0) is 14.9 Å². The summed E-state index contributed by atoms with van der Waals surface area (Å²) in [5.74, 6) is 0.758. The van der Waals surface area contributed by atoms with Crippen LogP contribution in [0, 0.1) is 5.92 Å². The van der Waals surface area contributed by atoms with Crippen LogP contribution in [0.1, 0.15) is 66.2 Å². The molecule has 22 heavy (non-hydrogen) atoms. The van der Waals surface area contributed by atoms with E-state index in [0.717, 1.165) is 32.1 Å². The summed E-state index contributed by atoms with van der Waals surface area (Å²) in [6.45, 7) is 7.98. The monoisotopic (exact) mass is 353 g/mol. The summed E-state index contributed by atoms with van der Waals surface area (Å²) in [5.41, 5.74) is 0. The zero-order valence-corrected chi connectivity index (χ0v) is 16.4. The number of rotatable bonds is 8. The number of ketones is 1. The van der Waals surface area contributed by atoms with Crippen LogP contribution in [0.25, 0.3) is 0 Å². The highest BCUT2D eigenvalue weighted by Crippen LogP contribution is 2.56. The minimum Gasteiger partial charge on any atom is -0.298 e. The second-order valence-electron chi connectivity index (χ2n) is 7.46. The summed E-state index contributed by atoms with van der Waals surface area (Å²) in [4.78, 5) is 12.6. The first-order valence-electron chi connectivity index (χ1n) is 8.26. The van der Waals surface area contributed by atoms with Gasteiger partial charge >= 0.3 is 10.1 Å². The Morgan fingerprint density at radius 1 is 1.18 bits per heavy atom. The van der Waals surface area contributed by atoms with Gasteiger partial charge in [-0.3, -0.25) is 8.42 Å². The van der Waals surface area contributed by atoms with E-state index in [1.165, 1.54) is 0 Å². The van der Waals surface area contributed by atoms with Crippen molar-refractivity contribution in [1.29, 1.82) is 0 Å². The molecule has 1 atom stereocenters. The van der Waals surface area contributed by atoms with E-state index in [2.05, 4.69) is 3.63 Å². The normalized spacial score (nSPS) is 21.5. The fourth-order valence-electron chi connectivity index (χ4n) is 2.61. The molecule has 1 rings (SSSR count). The fourth-order valence-corrected chi connectivity index (χ4v) is 7.90. The number of carbonyl (C=O) groups excluding carboxylic acids is 1. The second-order valence-corrected chi connectivity index (χ2v) is 13.2. The van der Waals surface area contributed by atoms with Gasteiger partial charge in [-0.15, -0.1) is 0 Å². The predicted molar refractivity (Wildman–Crippen MR) is 96.4 cm³/mol. The molecule has 132 valence electrons. The highest BCUT2D eigenvalue weighted by Gasteiger charge is 2.45. The van der Waals surface area contributed by atoms with Crippen molar-refractivity contribution in [2.45, 2.75) is 71.0 Å². The molecule has 0 spiro atoms. The Morgan fingerprint density at radius 2 is 1.73 bits per heavy atom. The predicted octanol–water partition coefficient (Wildman–Crippen LogP) is 4.12. The van der Waals surface area contributed by atoms with Crippen LogP contribution in [-0.4, -0.2) is 40.3 Å². The van der Waals surface area contributed by atoms with Crippen LogP contribution in [0.15, 0.2) is 0 Å². The van der Waals surface area contributed by atoms with Crippen LogP contribution in [0.4, 0.5) is 0 Å². The van der Waals surface area contributed by atoms with Crippen molar-refractivity contribution in [3.63, 3.8) is 0 Å². The molecule has 1 aliphatic rings. The molecule has 6 heteroatoms. The van der Waals surface area contributed by atoms with E-state index in [4.69, 9.17) is 0 Å². The maximum Gasteiger partial charge on any atom is 0.390 e. The van der Waals surface area contributed by atoms with Crippen molar-refractivity contribution in [1.82, 2.24) is 0 Å². The van der Waals surface area contributed by atoms with Gasteiger partial charge in [-0.2, -0.15) is 8.42 Å². The Morgan fingerprint density at radius 3 is 2.18 bits per heavy atom. The van der Waals surface area contributed by atoms with Gasteiger partial charge in [-0.25, -0.2) is 0 Å². The summed E-state index contributed by atoms with van der Waals surface area (Å²) in [6.07, 6.45) is 7.51. The Kier molecular flexibility index (Phi) is 6.96. The van der Waals surface area contributed by atoms with E-state index in [1.807, 2.05) is 34.0 Å². The topological polar surface area (TPSA) is 64.0 Å². The van der Waals surface area contributed by atoms with Gasteiger partial charge in [0.25, 0.3) is 0 Å². The summed E-state index contributed by atoms with van der Waals surface area (Å²) in [6, 6.07) is 0. The zero-order chi connectivity index (χ0) is 17.0. The standard InChI is InChI=1S/C16H32O4S2/c1-6-7-12-22(18,19)20-21(5,16(2,3)4)13-15(17)14-10-8-9-11-14/h14H,6-13H2,1-5H3/p+1. The minimum atomic E-state index is -3.44. The van der Waals surface area contributed by atoms with Crippen LogP contribution in [0.5, 0.6) is 0 Å². The molecule has 1 aliphatic carbocycles. The van der Waals surface area contributed by atoms with Gasteiger partial charge in [0.05, 0.1) is 10.5 Å². The average Bonchev–Trinajstić information content (AvgIpc) is 2.88. The van der Waals surface area contributed by atoms with Crippen LogP contribution < -0.4 is 0 Å². The van der Waals surface area contributed by atoms with Gasteiger partial charge < -0.3 is 0 Å². The SMILES string of the molecule is CCCCS(=O)(=O)[OH+]S(C)(CC(=O)C1CCCC1)C(C)(C)C. The van der Waals surface area contributed by atoms with Crippen LogP contribution in [0.2, 0.25) is 0 Å². The van der Waals surface area contributed by atoms with Gasteiger partial charge in [0.15, 0.2) is 5.78 Å². The molecule has 0 bridgehead atoms. The number of carbonyl (C=O) groups is 1. The summed E-state index contributed by atoms with van der Waals surface area (Å²) < 4.78 is 28.6. The lowest BCUT2D eigenvalue weighted by atomic mass is 10.0. The molecule has 0 radical (unpaired) electrons. The van der Waals surface area contributed by atoms with Crippen LogP contribution >= 0.6 is 10.3 Å². The highest BCUT2D eigenvalue weighted by atomic mass is 32.3. The van der Waals surface area contributed by atoms with Crippen LogP contribution in [0.3, 0.4) is 0 Å². The number of hydrogen-bond donors (Lipinski definition) is 0. The van der Waals surface area contributed by atoms with Gasteiger partial charge in [-0.1, -0.05) is 26.2 Å². The maximum absolute atomic E-state index is 12.6. The summed E-state index contributed by atoms with van der Waals surface area (Å²) in [7, 11) is -5.34. The lowest BCUT2D eigenvalue weighted by molar-refractivity contribution is -0.120. The molecular weight excluding hydrogens is 320 g/mol. The Balaban J connectivity index is 2.88. The van der Waals surface area contributed by atoms with Crippen molar-refractivity contribution in [2.24, 2.45) is 5.92 Å².